The van der Waals surface area contributed by atoms with Crippen LogP contribution >= 0.6 is 23.2 Å². The Bertz CT molecular complexity index is 775. The van der Waals surface area contributed by atoms with Crippen molar-refractivity contribution in [1.82, 2.24) is 4.83 Å². The minimum absolute atomic E-state index is 0.0272. The van der Waals surface area contributed by atoms with E-state index >= 15 is 0 Å². The van der Waals surface area contributed by atoms with Crippen molar-refractivity contribution in [3.05, 3.63) is 58.1 Å². The van der Waals surface area contributed by atoms with Gasteiger partial charge in [-0.05, 0) is 42.5 Å². The van der Waals surface area contributed by atoms with Crippen LogP contribution < -0.4 is 4.83 Å². The molecule has 2 aromatic carbocycles. The van der Waals surface area contributed by atoms with Gasteiger partial charge in [-0.1, -0.05) is 23.2 Å². The average Bonchev–Trinajstić information content (AvgIpc) is 2.43. The first-order valence-electron chi connectivity index (χ1n) is 5.67. The smallest absolute Gasteiger partial charge is 0.276 e. The molecule has 0 aromatic heterocycles. The first kappa shape index (κ1) is 15.6. The molecule has 2 aromatic rings. The highest BCUT2D eigenvalue weighted by molar-refractivity contribution is 7.89. The van der Waals surface area contributed by atoms with Gasteiger partial charge in [0.2, 0.25) is 0 Å². The van der Waals surface area contributed by atoms with E-state index in [1.807, 2.05) is 4.83 Å². The van der Waals surface area contributed by atoms with Crippen LogP contribution in [0.25, 0.3) is 0 Å². The number of nitrogens with one attached hydrogen (secondary N) is 1. The summed E-state index contributed by atoms with van der Waals surface area (Å²) in [6.07, 6.45) is 1.16. The van der Waals surface area contributed by atoms with E-state index < -0.39 is 10.0 Å². The number of benzene rings is 2. The summed E-state index contributed by atoms with van der Waals surface area (Å²) in [5, 5.41) is 14.0. The largest absolute Gasteiger partial charge is 0.507 e. The summed E-state index contributed by atoms with van der Waals surface area (Å²) in [4.78, 5) is 2.06. The zero-order valence-corrected chi connectivity index (χ0v) is 12.8. The van der Waals surface area contributed by atoms with Gasteiger partial charge in [0, 0.05) is 15.6 Å². The number of hydrogen-bond acceptors (Lipinski definition) is 4. The van der Waals surface area contributed by atoms with E-state index in [1.165, 1.54) is 42.5 Å². The van der Waals surface area contributed by atoms with Crippen molar-refractivity contribution in [2.24, 2.45) is 5.10 Å². The summed E-state index contributed by atoms with van der Waals surface area (Å²) in [6.45, 7) is 0. The predicted octanol–water partition coefficient (Wildman–Crippen LogP) is 3.01. The Labute approximate surface area is 131 Å². The van der Waals surface area contributed by atoms with Gasteiger partial charge in [0.1, 0.15) is 5.75 Å². The number of aromatic hydroxyl groups is 1. The zero-order valence-electron chi connectivity index (χ0n) is 10.5. The molecule has 0 spiro atoms. The van der Waals surface area contributed by atoms with E-state index in [4.69, 9.17) is 23.2 Å². The monoisotopic (exact) mass is 344 g/mol. The number of hydrogen-bond donors (Lipinski definition) is 2. The number of sulfonamides is 1. The Hall–Kier alpha value is -1.76. The first-order chi connectivity index (χ1) is 9.88. The molecule has 0 heterocycles. The molecule has 0 saturated heterocycles. The van der Waals surface area contributed by atoms with Gasteiger partial charge < -0.3 is 5.11 Å². The Morgan fingerprint density at radius 1 is 1.05 bits per heavy atom. The molecule has 0 unspecified atom stereocenters. The molecule has 2 rings (SSSR count). The second-order valence-electron chi connectivity index (χ2n) is 4.01. The van der Waals surface area contributed by atoms with E-state index in [0.717, 1.165) is 6.21 Å². The molecular weight excluding hydrogens is 335 g/mol. The number of hydrazone groups is 1. The lowest BCUT2D eigenvalue weighted by molar-refractivity contribution is 0.474. The minimum Gasteiger partial charge on any atom is -0.507 e. The van der Waals surface area contributed by atoms with Crippen LogP contribution in [0, 0.1) is 0 Å². The van der Waals surface area contributed by atoms with E-state index in [9.17, 15) is 13.5 Å². The predicted molar refractivity (Wildman–Crippen MR) is 82.5 cm³/mol. The molecule has 21 heavy (non-hydrogen) atoms. The molecule has 0 aliphatic heterocycles. The van der Waals surface area contributed by atoms with Gasteiger partial charge in [-0.15, -0.1) is 0 Å². The third kappa shape index (κ3) is 4.10. The van der Waals surface area contributed by atoms with E-state index in [1.54, 1.807) is 0 Å². The maximum atomic E-state index is 11.9. The van der Waals surface area contributed by atoms with Crippen LogP contribution in [0.5, 0.6) is 5.75 Å². The number of halogens is 2. The van der Waals surface area contributed by atoms with Crippen LogP contribution in [0.1, 0.15) is 5.56 Å². The zero-order chi connectivity index (χ0) is 15.5. The van der Waals surface area contributed by atoms with Crippen LogP contribution in [0.3, 0.4) is 0 Å². The maximum absolute atomic E-state index is 11.9. The molecule has 0 radical (unpaired) electrons. The quantitative estimate of drug-likeness (QED) is 0.660. The van der Waals surface area contributed by atoms with Crippen LogP contribution in [-0.4, -0.2) is 19.7 Å². The molecule has 5 nitrogen and oxygen atoms in total. The van der Waals surface area contributed by atoms with Gasteiger partial charge in [0.25, 0.3) is 10.0 Å². The van der Waals surface area contributed by atoms with Crippen molar-refractivity contribution >= 4 is 39.4 Å². The fraction of sp³-hybridized carbons (Fsp3) is 0. The lowest BCUT2D eigenvalue weighted by Gasteiger charge is -2.03. The Morgan fingerprint density at radius 3 is 2.33 bits per heavy atom. The molecule has 0 amide bonds. The molecule has 0 atom stereocenters. The summed E-state index contributed by atoms with van der Waals surface area (Å²) in [5.74, 6) is -0.0613. The minimum atomic E-state index is -3.79. The van der Waals surface area contributed by atoms with Crippen LogP contribution in [0.15, 0.2) is 52.5 Å². The summed E-state index contributed by atoms with van der Waals surface area (Å²) < 4.78 is 23.9. The Morgan fingerprint density at radius 2 is 1.67 bits per heavy atom. The number of rotatable bonds is 4. The van der Waals surface area contributed by atoms with Gasteiger partial charge >= 0.3 is 0 Å². The third-order valence-corrected chi connectivity index (χ3v) is 4.22. The van der Waals surface area contributed by atoms with Gasteiger partial charge in [-0.3, -0.25) is 0 Å². The van der Waals surface area contributed by atoms with Gasteiger partial charge in [-0.2, -0.15) is 13.5 Å². The molecule has 0 bridgehead atoms. The third-order valence-electron chi connectivity index (χ3n) is 2.49. The fourth-order valence-corrected chi connectivity index (χ4v) is 2.56. The number of nitrogens with zero attached hydrogens (tertiary/aromatic N) is 1. The highest BCUT2D eigenvalue weighted by Crippen LogP contribution is 2.19. The Balaban J connectivity index is 2.16. The fourth-order valence-electron chi connectivity index (χ4n) is 1.46. The maximum Gasteiger partial charge on any atom is 0.276 e. The summed E-state index contributed by atoms with van der Waals surface area (Å²) in [6, 6.07) is 9.99. The normalized spacial score (nSPS) is 11.7. The van der Waals surface area contributed by atoms with Crippen LogP contribution in [0.2, 0.25) is 10.0 Å². The van der Waals surface area contributed by atoms with Crippen molar-refractivity contribution in [2.45, 2.75) is 4.90 Å². The molecule has 0 aliphatic rings. The van der Waals surface area contributed by atoms with Gasteiger partial charge in [0.15, 0.2) is 0 Å². The molecule has 8 heteroatoms. The van der Waals surface area contributed by atoms with Crippen molar-refractivity contribution in [3.63, 3.8) is 0 Å². The second kappa shape index (κ2) is 6.34. The summed E-state index contributed by atoms with van der Waals surface area (Å²) >= 11 is 11.5. The van der Waals surface area contributed by atoms with E-state index in [2.05, 4.69) is 5.10 Å². The average molecular weight is 345 g/mol. The van der Waals surface area contributed by atoms with Crippen molar-refractivity contribution < 1.29 is 13.5 Å². The van der Waals surface area contributed by atoms with Crippen molar-refractivity contribution in [2.75, 3.05) is 0 Å². The van der Waals surface area contributed by atoms with Gasteiger partial charge in [-0.25, -0.2) is 4.83 Å². The lowest BCUT2D eigenvalue weighted by Crippen LogP contribution is -2.18. The number of phenols is 1. The Kier molecular flexibility index (Phi) is 4.72. The molecular formula is C13H10Cl2N2O3S. The second-order valence-corrected chi connectivity index (χ2v) is 6.54. The van der Waals surface area contributed by atoms with E-state index in [-0.39, 0.29) is 10.6 Å². The summed E-state index contributed by atoms with van der Waals surface area (Å²) in [7, 11) is -3.79. The molecule has 0 saturated carbocycles. The van der Waals surface area contributed by atoms with Crippen molar-refractivity contribution in [3.8, 4) is 5.75 Å². The van der Waals surface area contributed by atoms with Gasteiger partial charge in [0.05, 0.1) is 11.1 Å². The first-order valence-corrected chi connectivity index (χ1v) is 7.91. The topological polar surface area (TPSA) is 78.8 Å². The number of phenolic OH excluding ortho intramolecular Hbond substituents is 1. The van der Waals surface area contributed by atoms with Crippen molar-refractivity contribution in [1.29, 1.82) is 0 Å². The van der Waals surface area contributed by atoms with Crippen LogP contribution in [0.4, 0.5) is 0 Å². The van der Waals surface area contributed by atoms with Crippen LogP contribution in [-0.2, 0) is 10.0 Å². The molecule has 0 aliphatic carbocycles. The SMILES string of the molecule is O=S(=O)(N/N=C\c1cc(Cl)ccc1O)c1ccc(Cl)cc1. The highest BCUT2D eigenvalue weighted by atomic mass is 35.5. The highest BCUT2D eigenvalue weighted by Gasteiger charge is 2.12. The summed E-state index contributed by atoms with van der Waals surface area (Å²) in [5.41, 5.74) is 0.293. The van der Waals surface area contributed by atoms with E-state index in [0.29, 0.717) is 15.6 Å². The lowest BCUT2D eigenvalue weighted by atomic mass is 10.2. The molecule has 110 valence electrons. The molecule has 0 fully saturated rings. The standard InChI is InChI=1S/C13H10Cl2N2O3S/c14-10-1-4-12(5-2-10)21(19,20)17-16-8-9-7-11(15)3-6-13(9)18/h1-8,17-18H/b16-8-. The molecule has 2 N–H and O–H groups in total.